The molecule has 2 aromatic heterocycles. The summed E-state index contributed by atoms with van der Waals surface area (Å²) in [6.07, 6.45) is 5.31. The Labute approximate surface area is 173 Å². The van der Waals surface area contributed by atoms with Crippen LogP contribution in [0.25, 0.3) is 5.65 Å². The average molecular weight is 391 g/mol. The Bertz CT molecular complexity index is 995. The first kappa shape index (κ1) is 19.6. The largest absolute Gasteiger partial charge is 0.340 e. The molecule has 29 heavy (non-hydrogen) atoms. The minimum absolute atomic E-state index is 0.00545. The van der Waals surface area contributed by atoms with Crippen LogP contribution >= 0.6 is 0 Å². The molecule has 3 heterocycles. The van der Waals surface area contributed by atoms with Gasteiger partial charge in [-0.15, -0.1) is 0 Å². The van der Waals surface area contributed by atoms with E-state index < -0.39 is 0 Å². The smallest absolute Gasteiger partial charge is 0.274 e. The van der Waals surface area contributed by atoms with Crippen molar-refractivity contribution >= 4 is 11.6 Å². The highest BCUT2D eigenvalue weighted by Crippen LogP contribution is 2.24. The fourth-order valence-electron chi connectivity index (χ4n) is 4.22. The van der Waals surface area contributed by atoms with Crippen LogP contribution < -0.4 is 0 Å². The van der Waals surface area contributed by atoms with Crippen molar-refractivity contribution in [2.45, 2.75) is 45.7 Å². The van der Waals surface area contributed by atoms with Crippen molar-refractivity contribution in [3.8, 4) is 0 Å². The van der Waals surface area contributed by atoms with Crippen molar-refractivity contribution in [2.24, 2.45) is 0 Å². The molecule has 0 spiro atoms. The lowest BCUT2D eigenvalue weighted by atomic mass is 10.1. The number of hydrogen-bond acceptors (Lipinski definition) is 3. The van der Waals surface area contributed by atoms with Crippen LogP contribution in [0, 0.1) is 6.92 Å². The van der Waals surface area contributed by atoms with E-state index in [1.165, 1.54) is 18.4 Å². The molecule has 152 valence electrons. The fraction of sp³-hybridized carbons (Fsp3) is 0.417. The van der Waals surface area contributed by atoms with E-state index in [2.05, 4.69) is 41.3 Å². The molecule has 1 atom stereocenters. The first-order valence-corrected chi connectivity index (χ1v) is 10.5. The van der Waals surface area contributed by atoms with Gasteiger partial charge < -0.3 is 9.30 Å². The number of carbonyl (C=O) groups is 1. The molecule has 1 fully saturated rings. The molecular formula is C24H30N4O. The van der Waals surface area contributed by atoms with E-state index >= 15 is 0 Å². The van der Waals surface area contributed by atoms with Crippen molar-refractivity contribution in [3.63, 3.8) is 0 Å². The van der Waals surface area contributed by atoms with E-state index in [0.717, 1.165) is 36.4 Å². The van der Waals surface area contributed by atoms with Gasteiger partial charge in [0.05, 0.1) is 5.69 Å². The summed E-state index contributed by atoms with van der Waals surface area (Å²) in [4.78, 5) is 22.4. The van der Waals surface area contributed by atoms with Gasteiger partial charge in [-0.3, -0.25) is 9.69 Å². The Hall–Kier alpha value is -2.66. The summed E-state index contributed by atoms with van der Waals surface area (Å²) >= 11 is 0. The van der Waals surface area contributed by atoms with E-state index in [1.54, 1.807) is 4.90 Å². The molecule has 1 aliphatic heterocycles. The number of aromatic nitrogens is 2. The van der Waals surface area contributed by atoms with E-state index in [1.807, 2.05) is 37.5 Å². The van der Waals surface area contributed by atoms with Crippen LogP contribution in [0.15, 0.2) is 48.7 Å². The second kappa shape index (κ2) is 8.37. The first-order chi connectivity index (χ1) is 14.0. The predicted octanol–water partition coefficient (Wildman–Crippen LogP) is 3.94. The number of carbonyl (C=O) groups excluding carboxylic acids is 1. The van der Waals surface area contributed by atoms with Crippen molar-refractivity contribution in [1.82, 2.24) is 19.2 Å². The third kappa shape index (κ3) is 4.06. The van der Waals surface area contributed by atoms with E-state index in [4.69, 9.17) is 4.98 Å². The molecule has 1 saturated heterocycles. The molecule has 0 radical (unpaired) electrons. The quantitative estimate of drug-likeness (QED) is 0.640. The summed E-state index contributed by atoms with van der Waals surface area (Å²) in [6, 6.07) is 14.9. The normalized spacial score (nSPS) is 17.1. The highest BCUT2D eigenvalue weighted by atomic mass is 16.2. The number of rotatable bonds is 6. The molecule has 3 aromatic rings. The maximum atomic E-state index is 13.4. The minimum atomic E-state index is 0.00545. The van der Waals surface area contributed by atoms with Crippen LogP contribution in [0.3, 0.4) is 0 Å². The summed E-state index contributed by atoms with van der Waals surface area (Å²) in [5, 5.41) is 0. The molecule has 0 aliphatic carbocycles. The predicted molar refractivity (Wildman–Crippen MR) is 116 cm³/mol. The lowest BCUT2D eigenvalue weighted by molar-refractivity contribution is 0.0788. The summed E-state index contributed by atoms with van der Waals surface area (Å²) in [6.45, 7) is 6.85. The molecule has 1 aromatic carbocycles. The van der Waals surface area contributed by atoms with Crippen LogP contribution in [-0.4, -0.2) is 51.3 Å². The number of benzene rings is 1. The topological polar surface area (TPSA) is 40.9 Å². The number of likely N-dealkylation sites (N-methyl/N-ethyl adjacent to an activating group) is 1. The Morgan fingerprint density at radius 1 is 1.21 bits per heavy atom. The van der Waals surface area contributed by atoms with Crippen molar-refractivity contribution in [2.75, 3.05) is 20.1 Å². The number of pyridine rings is 1. The molecule has 0 N–H and O–H groups in total. The summed E-state index contributed by atoms with van der Waals surface area (Å²) in [7, 11) is 1.88. The number of hydrogen-bond donors (Lipinski definition) is 0. The number of imidazole rings is 1. The van der Waals surface area contributed by atoms with Gasteiger partial charge in [0.1, 0.15) is 5.65 Å². The lowest BCUT2D eigenvalue weighted by Crippen LogP contribution is -2.32. The zero-order valence-electron chi connectivity index (χ0n) is 17.6. The molecule has 4 rings (SSSR count). The minimum Gasteiger partial charge on any atom is -0.340 e. The second-order valence-electron chi connectivity index (χ2n) is 8.22. The Morgan fingerprint density at radius 2 is 2.00 bits per heavy atom. The standard InChI is InChI=1S/C24H30N4O/c1-18-9-7-15-28-21(17-27-14-8-10-19(27)2)22(25-23(18)28)24(29)26(3)16-13-20-11-5-4-6-12-20/h4-7,9,11-12,15,19H,8,10,13-14,16-17H2,1-3H3/t19-/m1/s1. The van der Waals surface area contributed by atoms with Gasteiger partial charge in [0.25, 0.3) is 5.91 Å². The Balaban J connectivity index is 1.61. The number of nitrogens with zero attached hydrogens (tertiary/aromatic N) is 4. The highest BCUT2D eigenvalue weighted by Gasteiger charge is 2.27. The average Bonchev–Trinajstić information content (AvgIpc) is 3.31. The molecule has 0 saturated carbocycles. The van der Waals surface area contributed by atoms with Gasteiger partial charge in [0.2, 0.25) is 0 Å². The molecule has 1 aliphatic rings. The molecule has 0 bridgehead atoms. The summed E-state index contributed by atoms with van der Waals surface area (Å²) in [5.41, 5.74) is 4.82. The van der Waals surface area contributed by atoms with Crippen LogP contribution in [0.4, 0.5) is 0 Å². The first-order valence-electron chi connectivity index (χ1n) is 10.5. The number of likely N-dealkylation sites (tertiary alicyclic amines) is 1. The van der Waals surface area contributed by atoms with Crippen LogP contribution in [-0.2, 0) is 13.0 Å². The van der Waals surface area contributed by atoms with Gasteiger partial charge in [-0.25, -0.2) is 4.98 Å². The van der Waals surface area contributed by atoms with Crippen LogP contribution in [0.2, 0.25) is 0 Å². The van der Waals surface area contributed by atoms with Crippen molar-refractivity contribution in [1.29, 1.82) is 0 Å². The van der Waals surface area contributed by atoms with Crippen molar-refractivity contribution < 1.29 is 4.79 Å². The van der Waals surface area contributed by atoms with Gasteiger partial charge >= 0.3 is 0 Å². The van der Waals surface area contributed by atoms with Gasteiger partial charge in [0.15, 0.2) is 5.69 Å². The van der Waals surface area contributed by atoms with E-state index in [9.17, 15) is 4.79 Å². The zero-order chi connectivity index (χ0) is 20.4. The lowest BCUT2D eigenvalue weighted by Gasteiger charge is -2.22. The molecule has 0 unspecified atom stereocenters. The van der Waals surface area contributed by atoms with Crippen LogP contribution in [0.1, 0.15) is 47.1 Å². The summed E-state index contributed by atoms with van der Waals surface area (Å²) in [5.74, 6) is 0.00545. The van der Waals surface area contributed by atoms with Gasteiger partial charge in [-0.1, -0.05) is 36.4 Å². The van der Waals surface area contributed by atoms with E-state index in [0.29, 0.717) is 18.3 Å². The summed E-state index contributed by atoms with van der Waals surface area (Å²) < 4.78 is 2.11. The zero-order valence-corrected chi connectivity index (χ0v) is 17.6. The monoisotopic (exact) mass is 390 g/mol. The van der Waals surface area contributed by atoms with Gasteiger partial charge in [-0.2, -0.15) is 0 Å². The number of fused-ring (bicyclic) bond motifs is 1. The van der Waals surface area contributed by atoms with Crippen LogP contribution in [0.5, 0.6) is 0 Å². The van der Waals surface area contributed by atoms with E-state index in [-0.39, 0.29) is 5.91 Å². The molecule has 1 amide bonds. The van der Waals surface area contributed by atoms with Gasteiger partial charge in [-0.05, 0) is 56.8 Å². The molecular weight excluding hydrogens is 360 g/mol. The second-order valence-corrected chi connectivity index (χ2v) is 8.22. The number of amides is 1. The maximum absolute atomic E-state index is 13.4. The Kier molecular flexibility index (Phi) is 5.67. The molecule has 5 nitrogen and oxygen atoms in total. The molecule has 5 heteroatoms. The van der Waals surface area contributed by atoms with Gasteiger partial charge in [0, 0.05) is 32.4 Å². The highest BCUT2D eigenvalue weighted by molar-refractivity contribution is 5.94. The fourth-order valence-corrected chi connectivity index (χ4v) is 4.22. The Morgan fingerprint density at radius 3 is 2.72 bits per heavy atom. The third-order valence-electron chi connectivity index (χ3n) is 6.12. The maximum Gasteiger partial charge on any atom is 0.274 e. The SMILES string of the molecule is Cc1cccn2c(CN3CCC[C@H]3C)c(C(=O)N(C)CCc3ccccc3)nc12. The van der Waals surface area contributed by atoms with Crippen molar-refractivity contribution in [3.05, 3.63) is 71.2 Å². The third-order valence-corrected chi connectivity index (χ3v) is 6.12. The number of aryl methyl sites for hydroxylation is 1.